The molecule has 0 saturated carbocycles. The molecule has 0 spiro atoms. The minimum Gasteiger partial charge on any atom is -0.489 e. The smallest absolute Gasteiger partial charge is 0.120 e. The largest absolute Gasteiger partial charge is 0.489 e. The number of hydrogen-bond donors (Lipinski definition) is 1. The molecule has 0 aliphatic heterocycles. The van der Waals surface area contributed by atoms with Gasteiger partial charge in [0.25, 0.3) is 0 Å². The molecule has 0 amide bonds. The Bertz CT molecular complexity index is 725. The Morgan fingerprint density at radius 3 is 2.08 bits per heavy atom. The molecule has 3 aromatic rings. The highest BCUT2D eigenvalue weighted by Crippen LogP contribution is 2.15. The number of benzene rings is 3. The third-order valence-electron chi connectivity index (χ3n) is 3.91. The van der Waals surface area contributed by atoms with Crippen LogP contribution in [0.5, 0.6) is 5.75 Å². The molecule has 0 bridgehead atoms. The van der Waals surface area contributed by atoms with E-state index in [0.717, 1.165) is 25.3 Å². The van der Waals surface area contributed by atoms with Crippen molar-refractivity contribution >= 4 is 0 Å². The highest BCUT2D eigenvalue weighted by Gasteiger charge is 1.99. The number of nitrogens with one attached hydrogen (secondary N) is 1. The summed E-state index contributed by atoms with van der Waals surface area (Å²) in [5.74, 6) is 0.930. The van der Waals surface area contributed by atoms with Gasteiger partial charge in [0.2, 0.25) is 0 Å². The van der Waals surface area contributed by atoms with Gasteiger partial charge in [-0.2, -0.15) is 0 Å². The fourth-order valence-electron chi connectivity index (χ4n) is 2.59. The monoisotopic (exact) mass is 317 g/mol. The SMILES string of the molecule is c1ccc(CNCCc2cccc(OCc3ccccc3)c2)cc1. The van der Waals surface area contributed by atoms with E-state index >= 15 is 0 Å². The molecule has 0 atom stereocenters. The van der Waals surface area contributed by atoms with Crippen LogP contribution in [0.3, 0.4) is 0 Å². The molecule has 2 nitrogen and oxygen atoms in total. The van der Waals surface area contributed by atoms with Gasteiger partial charge < -0.3 is 10.1 Å². The van der Waals surface area contributed by atoms with E-state index in [1.54, 1.807) is 0 Å². The molecule has 0 aromatic heterocycles. The first-order valence-electron chi connectivity index (χ1n) is 8.40. The average molecular weight is 317 g/mol. The van der Waals surface area contributed by atoms with Crippen LogP contribution in [0.2, 0.25) is 0 Å². The van der Waals surface area contributed by atoms with Crippen molar-refractivity contribution in [3.8, 4) is 5.75 Å². The summed E-state index contributed by atoms with van der Waals surface area (Å²) in [6.45, 7) is 2.47. The summed E-state index contributed by atoms with van der Waals surface area (Å²) in [6, 6.07) is 29.1. The van der Waals surface area contributed by atoms with E-state index in [1.807, 2.05) is 30.3 Å². The van der Waals surface area contributed by atoms with E-state index < -0.39 is 0 Å². The van der Waals surface area contributed by atoms with Gasteiger partial charge in [0.05, 0.1) is 0 Å². The Morgan fingerprint density at radius 2 is 1.33 bits per heavy atom. The number of hydrogen-bond acceptors (Lipinski definition) is 2. The van der Waals surface area contributed by atoms with Crippen molar-refractivity contribution in [3.05, 3.63) is 102 Å². The van der Waals surface area contributed by atoms with E-state index in [0.29, 0.717) is 6.61 Å². The molecule has 0 unspecified atom stereocenters. The standard InChI is InChI=1S/C22H23NO/c1-3-8-20(9-4-1)17-23-15-14-19-12-7-13-22(16-19)24-18-21-10-5-2-6-11-21/h1-13,16,23H,14-15,17-18H2. The summed E-state index contributed by atoms with van der Waals surface area (Å²) >= 11 is 0. The van der Waals surface area contributed by atoms with Gasteiger partial charge in [-0.1, -0.05) is 72.8 Å². The summed E-state index contributed by atoms with van der Waals surface area (Å²) < 4.78 is 5.89. The van der Waals surface area contributed by atoms with Gasteiger partial charge in [-0.05, 0) is 41.8 Å². The van der Waals surface area contributed by atoms with Crippen molar-refractivity contribution in [1.82, 2.24) is 5.32 Å². The summed E-state index contributed by atoms with van der Waals surface area (Å²) in [5.41, 5.74) is 3.80. The van der Waals surface area contributed by atoms with Crippen LogP contribution in [0.1, 0.15) is 16.7 Å². The Hall–Kier alpha value is -2.58. The first-order valence-corrected chi connectivity index (χ1v) is 8.40. The van der Waals surface area contributed by atoms with Crippen molar-refractivity contribution in [2.75, 3.05) is 6.54 Å². The van der Waals surface area contributed by atoms with Crippen LogP contribution in [0.4, 0.5) is 0 Å². The van der Waals surface area contributed by atoms with Crippen LogP contribution in [-0.4, -0.2) is 6.54 Å². The molecule has 0 aliphatic rings. The van der Waals surface area contributed by atoms with Crippen LogP contribution in [0, 0.1) is 0 Å². The molecule has 0 saturated heterocycles. The molecule has 2 heteroatoms. The van der Waals surface area contributed by atoms with Crippen molar-refractivity contribution in [1.29, 1.82) is 0 Å². The molecule has 0 heterocycles. The van der Waals surface area contributed by atoms with Crippen molar-refractivity contribution < 1.29 is 4.74 Å². The van der Waals surface area contributed by atoms with Crippen LogP contribution in [0.15, 0.2) is 84.9 Å². The van der Waals surface area contributed by atoms with Gasteiger partial charge in [0, 0.05) is 6.54 Å². The lowest BCUT2D eigenvalue weighted by Crippen LogP contribution is -2.16. The second-order valence-corrected chi connectivity index (χ2v) is 5.83. The van der Waals surface area contributed by atoms with Crippen molar-refractivity contribution in [2.45, 2.75) is 19.6 Å². The topological polar surface area (TPSA) is 21.3 Å². The van der Waals surface area contributed by atoms with Crippen LogP contribution >= 0.6 is 0 Å². The van der Waals surface area contributed by atoms with Crippen molar-refractivity contribution in [3.63, 3.8) is 0 Å². The maximum Gasteiger partial charge on any atom is 0.120 e. The van der Waals surface area contributed by atoms with Crippen molar-refractivity contribution in [2.24, 2.45) is 0 Å². The normalized spacial score (nSPS) is 10.5. The second kappa shape index (κ2) is 8.90. The lowest BCUT2D eigenvalue weighted by atomic mass is 10.1. The number of rotatable bonds is 8. The molecule has 0 fully saturated rings. The fraction of sp³-hybridized carbons (Fsp3) is 0.182. The summed E-state index contributed by atoms with van der Waals surface area (Å²) in [7, 11) is 0. The first kappa shape index (κ1) is 16.3. The molecular weight excluding hydrogens is 294 g/mol. The molecule has 1 N–H and O–H groups in total. The van der Waals surface area contributed by atoms with E-state index in [2.05, 4.69) is 59.9 Å². The van der Waals surface area contributed by atoms with Gasteiger partial charge in [-0.15, -0.1) is 0 Å². The van der Waals surface area contributed by atoms with Crippen LogP contribution in [0.25, 0.3) is 0 Å². The molecular formula is C22H23NO. The summed E-state index contributed by atoms with van der Waals surface area (Å²) in [4.78, 5) is 0. The number of ether oxygens (including phenoxy) is 1. The molecule has 122 valence electrons. The zero-order chi connectivity index (χ0) is 16.5. The van der Waals surface area contributed by atoms with Gasteiger partial charge in [0.1, 0.15) is 12.4 Å². The zero-order valence-electron chi connectivity index (χ0n) is 13.8. The Morgan fingerprint density at radius 1 is 0.667 bits per heavy atom. The highest BCUT2D eigenvalue weighted by molar-refractivity contribution is 5.29. The third kappa shape index (κ3) is 5.25. The average Bonchev–Trinajstić information content (AvgIpc) is 2.66. The molecule has 24 heavy (non-hydrogen) atoms. The maximum atomic E-state index is 5.89. The predicted octanol–water partition coefficient (Wildman–Crippen LogP) is 4.60. The Kier molecular flexibility index (Phi) is 6.04. The molecule has 0 aliphatic carbocycles. The lowest BCUT2D eigenvalue weighted by molar-refractivity contribution is 0.306. The minimum absolute atomic E-state index is 0.608. The van der Waals surface area contributed by atoms with Crippen LogP contribution < -0.4 is 10.1 Å². The molecule has 3 aromatic carbocycles. The fourth-order valence-corrected chi connectivity index (χ4v) is 2.59. The lowest BCUT2D eigenvalue weighted by Gasteiger charge is -2.09. The van der Waals surface area contributed by atoms with E-state index in [-0.39, 0.29) is 0 Å². The quantitative estimate of drug-likeness (QED) is 0.613. The highest BCUT2D eigenvalue weighted by atomic mass is 16.5. The summed E-state index contributed by atoms with van der Waals surface area (Å²) in [5, 5.41) is 3.49. The Labute approximate surface area is 144 Å². The van der Waals surface area contributed by atoms with E-state index in [1.165, 1.54) is 16.7 Å². The second-order valence-electron chi connectivity index (χ2n) is 5.83. The third-order valence-corrected chi connectivity index (χ3v) is 3.91. The molecule has 3 rings (SSSR count). The minimum atomic E-state index is 0.608. The summed E-state index contributed by atoms with van der Waals surface area (Å²) in [6.07, 6.45) is 0.995. The van der Waals surface area contributed by atoms with Gasteiger partial charge in [-0.25, -0.2) is 0 Å². The van der Waals surface area contributed by atoms with Gasteiger partial charge in [-0.3, -0.25) is 0 Å². The van der Waals surface area contributed by atoms with Gasteiger partial charge in [0.15, 0.2) is 0 Å². The first-order chi connectivity index (χ1) is 11.9. The maximum absolute atomic E-state index is 5.89. The van der Waals surface area contributed by atoms with Crippen LogP contribution in [-0.2, 0) is 19.6 Å². The zero-order valence-corrected chi connectivity index (χ0v) is 13.8. The predicted molar refractivity (Wildman–Crippen MR) is 99.1 cm³/mol. The van der Waals surface area contributed by atoms with E-state index in [4.69, 9.17) is 4.74 Å². The van der Waals surface area contributed by atoms with Gasteiger partial charge >= 0.3 is 0 Å². The Balaban J connectivity index is 1.45. The molecule has 0 radical (unpaired) electrons. The van der Waals surface area contributed by atoms with E-state index in [9.17, 15) is 0 Å².